The Hall–Kier alpha value is -4.07. The second kappa shape index (κ2) is 6.92. The molecule has 0 aliphatic carbocycles. The highest BCUT2D eigenvalue weighted by Gasteiger charge is 2.13. The molecule has 138 valence electrons. The molecule has 1 aromatic heterocycles. The van der Waals surface area contributed by atoms with Crippen molar-refractivity contribution >= 4 is 28.4 Å². The molecule has 28 heavy (non-hydrogen) atoms. The number of oxazole rings is 1. The molecule has 3 aromatic carbocycles. The molecule has 1 amide bonds. The zero-order valence-electron chi connectivity index (χ0n) is 14.3. The summed E-state index contributed by atoms with van der Waals surface area (Å²) < 4.78 is 18.7. The molecule has 0 aliphatic rings. The molecule has 0 bridgehead atoms. The van der Waals surface area contributed by atoms with Gasteiger partial charge in [0.25, 0.3) is 11.6 Å². The predicted molar refractivity (Wildman–Crippen MR) is 100 cm³/mol. The van der Waals surface area contributed by atoms with Crippen LogP contribution < -0.4 is 5.32 Å². The highest BCUT2D eigenvalue weighted by molar-refractivity contribution is 6.05. The first kappa shape index (κ1) is 17.3. The Morgan fingerprint density at radius 1 is 1.07 bits per heavy atom. The number of nitrogens with one attached hydrogen (secondary N) is 1. The van der Waals surface area contributed by atoms with Crippen molar-refractivity contribution in [2.75, 3.05) is 5.32 Å². The lowest BCUT2D eigenvalue weighted by Crippen LogP contribution is -2.12. The zero-order valence-corrected chi connectivity index (χ0v) is 14.3. The van der Waals surface area contributed by atoms with Gasteiger partial charge in [0.2, 0.25) is 5.89 Å². The monoisotopic (exact) mass is 377 g/mol. The molecule has 0 unspecified atom stereocenters. The summed E-state index contributed by atoms with van der Waals surface area (Å²) in [6, 6.07) is 16.1. The van der Waals surface area contributed by atoms with Crippen molar-refractivity contribution in [3.63, 3.8) is 0 Å². The van der Waals surface area contributed by atoms with Gasteiger partial charge in [-0.25, -0.2) is 9.37 Å². The first-order valence-electron chi connectivity index (χ1n) is 8.22. The number of nitro benzene ring substituents is 1. The number of benzene rings is 3. The molecule has 1 heterocycles. The van der Waals surface area contributed by atoms with Gasteiger partial charge in [0.15, 0.2) is 5.58 Å². The Morgan fingerprint density at radius 3 is 2.61 bits per heavy atom. The lowest BCUT2D eigenvalue weighted by atomic mass is 10.2. The third-order valence-electron chi connectivity index (χ3n) is 4.06. The van der Waals surface area contributed by atoms with Crippen molar-refractivity contribution < 1.29 is 18.5 Å². The van der Waals surface area contributed by atoms with Crippen LogP contribution in [0.3, 0.4) is 0 Å². The lowest BCUT2D eigenvalue weighted by Gasteiger charge is -2.04. The number of nitro groups is 1. The van der Waals surface area contributed by atoms with Crippen molar-refractivity contribution in [2.45, 2.75) is 0 Å². The molecule has 0 saturated heterocycles. The normalized spacial score (nSPS) is 10.8. The maximum atomic E-state index is 13.1. The number of rotatable bonds is 4. The van der Waals surface area contributed by atoms with Gasteiger partial charge in [-0.1, -0.05) is 6.07 Å². The highest BCUT2D eigenvalue weighted by Crippen LogP contribution is 2.26. The van der Waals surface area contributed by atoms with E-state index in [0.717, 1.165) is 0 Å². The van der Waals surface area contributed by atoms with Crippen molar-refractivity contribution in [3.05, 3.63) is 88.2 Å². The SMILES string of the molecule is O=C(Nc1ccc2oc(-c3ccc(F)cc3)nc2c1)c1cccc([N+](=O)[O-])c1. The Kier molecular flexibility index (Phi) is 4.29. The minimum Gasteiger partial charge on any atom is -0.436 e. The van der Waals surface area contributed by atoms with Crippen molar-refractivity contribution in [1.82, 2.24) is 4.98 Å². The van der Waals surface area contributed by atoms with E-state index in [2.05, 4.69) is 10.3 Å². The molecular formula is C20H12FN3O4. The van der Waals surface area contributed by atoms with Crippen LogP contribution in [0.15, 0.2) is 71.1 Å². The van der Waals surface area contributed by atoms with Crippen LogP contribution in [0, 0.1) is 15.9 Å². The van der Waals surface area contributed by atoms with Crippen molar-refractivity contribution in [3.8, 4) is 11.5 Å². The lowest BCUT2D eigenvalue weighted by molar-refractivity contribution is -0.384. The number of amides is 1. The summed E-state index contributed by atoms with van der Waals surface area (Å²) in [6.45, 7) is 0. The topological polar surface area (TPSA) is 98.3 Å². The van der Waals surface area contributed by atoms with E-state index in [4.69, 9.17) is 4.42 Å². The number of anilines is 1. The quantitative estimate of drug-likeness (QED) is 0.407. The van der Waals surface area contributed by atoms with E-state index in [1.807, 2.05) is 0 Å². The van der Waals surface area contributed by atoms with Gasteiger partial charge in [0, 0.05) is 28.9 Å². The zero-order chi connectivity index (χ0) is 19.7. The van der Waals surface area contributed by atoms with E-state index in [1.165, 1.54) is 36.4 Å². The number of non-ortho nitro benzene ring substituents is 1. The Bertz CT molecular complexity index is 1200. The molecule has 4 rings (SSSR count). The third kappa shape index (κ3) is 3.43. The van der Waals surface area contributed by atoms with Crippen LogP contribution in [0.4, 0.5) is 15.8 Å². The summed E-state index contributed by atoms with van der Waals surface area (Å²) in [4.78, 5) is 27.0. The van der Waals surface area contributed by atoms with Crippen LogP contribution >= 0.6 is 0 Å². The molecule has 7 nitrogen and oxygen atoms in total. The van der Waals surface area contributed by atoms with Gasteiger partial charge < -0.3 is 9.73 Å². The number of nitrogens with zero attached hydrogens (tertiary/aromatic N) is 2. The summed E-state index contributed by atoms with van der Waals surface area (Å²) in [5, 5.41) is 13.5. The molecule has 0 atom stereocenters. The average molecular weight is 377 g/mol. The smallest absolute Gasteiger partial charge is 0.270 e. The van der Waals surface area contributed by atoms with E-state index < -0.39 is 10.8 Å². The average Bonchev–Trinajstić information content (AvgIpc) is 3.12. The summed E-state index contributed by atoms with van der Waals surface area (Å²) in [5.74, 6) is -0.506. The van der Waals surface area contributed by atoms with Gasteiger partial charge in [-0.15, -0.1) is 0 Å². The van der Waals surface area contributed by atoms with E-state index in [-0.39, 0.29) is 17.1 Å². The second-order valence-electron chi connectivity index (χ2n) is 5.97. The number of hydrogen-bond donors (Lipinski definition) is 1. The maximum absolute atomic E-state index is 13.1. The van der Waals surface area contributed by atoms with E-state index in [9.17, 15) is 19.3 Å². The minimum absolute atomic E-state index is 0.163. The standard InChI is InChI=1S/C20H12FN3O4/c21-14-6-4-12(5-7-14)20-23-17-11-15(8-9-18(17)28-20)22-19(25)13-2-1-3-16(10-13)24(26)27/h1-11H,(H,22,25). The highest BCUT2D eigenvalue weighted by atomic mass is 19.1. The number of carbonyl (C=O) groups excluding carboxylic acids is 1. The molecule has 4 aromatic rings. The molecule has 1 N–H and O–H groups in total. The summed E-state index contributed by atoms with van der Waals surface area (Å²) in [6.07, 6.45) is 0. The van der Waals surface area contributed by atoms with Crippen LogP contribution in [0.1, 0.15) is 10.4 Å². The summed E-state index contributed by atoms with van der Waals surface area (Å²) in [5.41, 5.74) is 2.11. The second-order valence-corrected chi connectivity index (χ2v) is 5.97. The van der Waals surface area contributed by atoms with Crippen LogP contribution in [-0.4, -0.2) is 15.8 Å². The van der Waals surface area contributed by atoms with Gasteiger partial charge in [-0.3, -0.25) is 14.9 Å². The fourth-order valence-corrected chi connectivity index (χ4v) is 2.69. The van der Waals surface area contributed by atoms with Gasteiger partial charge in [0.1, 0.15) is 11.3 Å². The molecule has 0 aliphatic heterocycles. The van der Waals surface area contributed by atoms with Crippen molar-refractivity contribution in [2.24, 2.45) is 0 Å². The Labute approximate surface area is 157 Å². The predicted octanol–water partition coefficient (Wildman–Crippen LogP) is 4.79. The van der Waals surface area contributed by atoms with Crippen molar-refractivity contribution in [1.29, 1.82) is 0 Å². The third-order valence-corrected chi connectivity index (χ3v) is 4.06. The summed E-state index contributed by atoms with van der Waals surface area (Å²) in [7, 11) is 0. The number of aromatic nitrogens is 1. The number of hydrogen-bond acceptors (Lipinski definition) is 5. The number of carbonyl (C=O) groups is 1. The fraction of sp³-hybridized carbons (Fsp3) is 0. The van der Waals surface area contributed by atoms with Gasteiger partial charge in [-0.05, 0) is 48.5 Å². The van der Waals surface area contributed by atoms with Crippen LogP contribution in [0.25, 0.3) is 22.6 Å². The van der Waals surface area contributed by atoms with Crippen LogP contribution in [0.2, 0.25) is 0 Å². The molecule has 0 radical (unpaired) electrons. The first-order chi connectivity index (χ1) is 13.5. The van der Waals surface area contributed by atoms with E-state index in [0.29, 0.717) is 28.2 Å². The van der Waals surface area contributed by atoms with Gasteiger partial charge >= 0.3 is 0 Å². The Balaban J connectivity index is 1.59. The molecule has 8 heteroatoms. The van der Waals surface area contributed by atoms with Gasteiger partial charge in [-0.2, -0.15) is 0 Å². The van der Waals surface area contributed by atoms with E-state index in [1.54, 1.807) is 30.3 Å². The molecule has 0 fully saturated rings. The van der Waals surface area contributed by atoms with Crippen LogP contribution in [0.5, 0.6) is 0 Å². The summed E-state index contributed by atoms with van der Waals surface area (Å²) >= 11 is 0. The van der Waals surface area contributed by atoms with E-state index >= 15 is 0 Å². The largest absolute Gasteiger partial charge is 0.436 e. The Morgan fingerprint density at radius 2 is 1.86 bits per heavy atom. The van der Waals surface area contributed by atoms with Gasteiger partial charge in [0.05, 0.1) is 4.92 Å². The number of halogens is 1. The fourth-order valence-electron chi connectivity index (χ4n) is 2.69. The molecule has 0 saturated carbocycles. The minimum atomic E-state index is -0.560. The molecule has 0 spiro atoms. The van der Waals surface area contributed by atoms with Crippen LogP contribution in [-0.2, 0) is 0 Å². The first-order valence-corrected chi connectivity index (χ1v) is 8.22. The maximum Gasteiger partial charge on any atom is 0.270 e. The number of fused-ring (bicyclic) bond motifs is 1. The molecular weight excluding hydrogens is 365 g/mol.